The first-order chi connectivity index (χ1) is 13.4. The number of methoxy groups -OCH3 is 1. The highest BCUT2D eigenvalue weighted by Gasteiger charge is 2.67. The van der Waals surface area contributed by atoms with Crippen LogP contribution in [0, 0.1) is 45.6 Å². The normalized spacial score (nSPS) is 34.7. The van der Waals surface area contributed by atoms with E-state index in [1.54, 1.807) is 0 Å². The molecule has 1 aromatic rings. The molecule has 0 unspecified atom stereocenters. The van der Waals surface area contributed by atoms with Crippen LogP contribution < -0.4 is 4.74 Å². The van der Waals surface area contributed by atoms with Gasteiger partial charge in [-0.1, -0.05) is 12.2 Å². The van der Waals surface area contributed by atoms with Crippen molar-refractivity contribution in [2.75, 3.05) is 7.11 Å². The van der Waals surface area contributed by atoms with E-state index in [1.807, 2.05) is 0 Å². The topological polar surface area (TPSA) is 122 Å². The maximum Gasteiger partial charge on any atom is 0.315 e. The van der Waals surface area contributed by atoms with Crippen LogP contribution in [0.1, 0.15) is 12.0 Å². The van der Waals surface area contributed by atoms with Crippen LogP contribution in [0.15, 0.2) is 29.4 Å². The number of carbonyl (C=O) groups excluding carboxylic acids is 2. The summed E-state index contributed by atoms with van der Waals surface area (Å²) >= 11 is 0. The number of imide groups is 1. The molecule has 1 N–H and O–H groups in total. The van der Waals surface area contributed by atoms with Crippen LogP contribution >= 0.6 is 0 Å². The molecule has 1 heterocycles. The molecule has 1 aliphatic heterocycles. The van der Waals surface area contributed by atoms with Gasteiger partial charge in [0.15, 0.2) is 5.75 Å². The van der Waals surface area contributed by atoms with Crippen LogP contribution in [0.25, 0.3) is 0 Å². The maximum atomic E-state index is 12.9. The Morgan fingerprint density at radius 2 is 1.82 bits per heavy atom. The fraction of sp³-hybridized carbons (Fsp3) is 0.421. The summed E-state index contributed by atoms with van der Waals surface area (Å²) in [5, 5.41) is 25.9. The summed E-state index contributed by atoms with van der Waals surface area (Å²) in [5.74, 6) is -0.803. The molecule has 4 aliphatic carbocycles. The molecule has 6 rings (SSSR count). The Labute approximate surface area is 159 Å². The van der Waals surface area contributed by atoms with Crippen molar-refractivity contribution in [3.05, 3.63) is 40.0 Å². The van der Waals surface area contributed by atoms with E-state index in [9.17, 15) is 24.8 Å². The number of benzene rings is 1. The van der Waals surface area contributed by atoms with E-state index in [0.717, 1.165) is 17.5 Å². The number of rotatable bonds is 4. The van der Waals surface area contributed by atoms with Gasteiger partial charge in [0.05, 0.1) is 30.1 Å². The number of nitrogens with zero attached hydrogens (tertiary/aromatic N) is 3. The van der Waals surface area contributed by atoms with E-state index in [4.69, 9.17) is 4.74 Å². The molecule has 9 heteroatoms. The summed E-state index contributed by atoms with van der Waals surface area (Å²) in [6.07, 6.45) is 6.44. The molecule has 5 aliphatic rings. The molecular weight excluding hydrogens is 366 g/mol. The average molecular weight is 383 g/mol. The van der Waals surface area contributed by atoms with Crippen molar-refractivity contribution in [1.82, 2.24) is 5.01 Å². The third-order valence-corrected chi connectivity index (χ3v) is 6.46. The number of nitro groups is 1. The zero-order valence-corrected chi connectivity index (χ0v) is 14.9. The zero-order valence-electron chi connectivity index (χ0n) is 14.9. The first kappa shape index (κ1) is 16.9. The minimum atomic E-state index is -0.744. The van der Waals surface area contributed by atoms with Crippen molar-refractivity contribution in [2.45, 2.75) is 6.42 Å². The lowest BCUT2D eigenvalue weighted by atomic mass is 9.63. The van der Waals surface area contributed by atoms with Crippen molar-refractivity contribution in [3.8, 4) is 11.5 Å². The van der Waals surface area contributed by atoms with Crippen molar-refractivity contribution in [2.24, 2.45) is 40.6 Å². The van der Waals surface area contributed by atoms with E-state index >= 15 is 0 Å². The Morgan fingerprint density at radius 1 is 1.21 bits per heavy atom. The Balaban J connectivity index is 1.45. The first-order valence-corrected chi connectivity index (χ1v) is 9.08. The number of nitro benzene ring substituents is 1. The maximum absolute atomic E-state index is 12.9. The predicted octanol–water partition coefficient (Wildman–Crippen LogP) is 1.70. The van der Waals surface area contributed by atoms with Gasteiger partial charge in [0.25, 0.3) is 11.8 Å². The first-order valence-electron chi connectivity index (χ1n) is 9.08. The third-order valence-electron chi connectivity index (χ3n) is 6.46. The SMILES string of the molecule is COc1cc(/C=N\N2C(=O)[C@@H]3[C@H]4C=C[C@@H]([C@@H]5C[C@H]45)[C@@H]3C2=O)cc([N+](=O)[O-])c1O. The summed E-state index contributed by atoms with van der Waals surface area (Å²) in [4.78, 5) is 36.1. The number of amides is 2. The Morgan fingerprint density at radius 3 is 2.36 bits per heavy atom. The second-order valence-electron chi connectivity index (χ2n) is 7.74. The number of hydrogen-bond donors (Lipinski definition) is 1. The fourth-order valence-electron chi connectivity index (χ4n) is 5.16. The highest BCUT2D eigenvalue weighted by Crippen LogP contribution is 2.65. The third kappa shape index (κ3) is 2.15. The Hall–Kier alpha value is -3.23. The summed E-state index contributed by atoms with van der Waals surface area (Å²) in [5.41, 5.74) is -0.309. The van der Waals surface area contributed by atoms with Crippen LogP contribution in [0.5, 0.6) is 11.5 Å². The lowest BCUT2D eigenvalue weighted by Gasteiger charge is -2.37. The van der Waals surface area contributed by atoms with Gasteiger partial charge >= 0.3 is 5.69 Å². The van der Waals surface area contributed by atoms with E-state index in [-0.39, 0.29) is 46.8 Å². The van der Waals surface area contributed by atoms with Crippen LogP contribution in [0.3, 0.4) is 0 Å². The number of phenolic OH excluding ortho intramolecular Hbond substituents is 1. The lowest BCUT2D eigenvalue weighted by molar-refractivity contribution is -0.386. The molecule has 144 valence electrons. The summed E-state index contributed by atoms with van der Waals surface area (Å²) < 4.78 is 4.95. The minimum absolute atomic E-state index is 0.0919. The van der Waals surface area contributed by atoms with Gasteiger partial charge < -0.3 is 9.84 Å². The standard InChI is InChI=1S/C19H17N3O6/c1-28-14-5-8(4-13(17(14)23)22(26)27)7-20-21-18(24)15-9-2-3-10(12-6-11(9)12)16(15)19(21)25/h2-5,7,9-12,15-16,23H,6H2,1H3/b20-7-/t9-,10-,11-,12+,15-,16+/m0/s1. The number of phenols is 1. The highest BCUT2D eigenvalue weighted by molar-refractivity contribution is 6.06. The van der Waals surface area contributed by atoms with E-state index < -0.39 is 16.4 Å². The molecule has 1 saturated heterocycles. The Kier molecular flexibility index (Phi) is 3.40. The summed E-state index contributed by atoms with van der Waals surface area (Å²) in [6, 6.07) is 2.46. The molecule has 9 nitrogen and oxygen atoms in total. The highest BCUT2D eigenvalue weighted by atomic mass is 16.6. The number of ether oxygens (including phenoxy) is 1. The van der Waals surface area contributed by atoms with Crippen molar-refractivity contribution < 1.29 is 24.4 Å². The van der Waals surface area contributed by atoms with Crippen LogP contribution in [-0.4, -0.2) is 40.2 Å². The summed E-state index contributed by atoms with van der Waals surface area (Å²) in [6.45, 7) is 0. The number of carbonyl (C=O) groups is 2. The molecule has 2 bridgehead atoms. The molecule has 0 aromatic heterocycles. The molecule has 2 saturated carbocycles. The van der Waals surface area contributed by atoms with Crippen LogP contribution in [-0.2, 0) is 9.59 Å². The lowest BCUT2D eigenvalue weighted by Crippen LogP contribution is -2.40. The van der Waals surface area contributed by atoms with Gasteiger partial charge in [-0.2, -0.15) is 10.1 Å². The molecule has 2 amide bonds. The largest absolute Gasteiger partial charge is 0.500 e. The second-order valence-corrected chi connectivity index (χ2v) is 7.74. The molecule has 0 radical (unpaired) electrons. The monoisotopic (exact) mass is 383 g/mol. The molecule has 28 heavy (non-hydrogen) atoms. The van der Waals surface area contributed by atoms with Gasteiger partial charge in [0, 0.05) is 11.6 Å². The van der Waals surface area contributed by atoms with Gasteiger partial charge in [-0.25, -0.2) is 0 Å². The number of aromatic hydroxyl groups is 1. The quantitative estimate of drug-likeness (QED) is 0.278. The molecular formula is C19H17N3O6. The van der Waals surface area contributed by atoms with Gasteiger partial charge in [-0.15, -0.1) is 0 Å². The van der Waals surface area contributed by atoms with Gasteiger partial charge in [0.1, 0.15) is 0 Å². The van der Waals surface area contributed by atoms with E-state index in [1.165, 1.54) is 19.4 Å². The predicted molar refractivity (Wildman–Crippen MR) is 95.5 cm³/mol. The van der Waals surface area contributed by atoms with Crippen LogP contribution in [0.4, 0.5) is 5.69 Å². The minimum Gasteiger partial charge on any atom is -0.500 e. The van der Waals surface area contributed by atoms with Gasteiger partial charge in [-0.05, 0) is 36.2 Å². The smallest absolute Gasteiger partial charge is 0.315 e. The average Bonchev–Trinajstić information content (AvgIpc) is 3.46. The second kappa shape index (κ2) is 5.63. The zero-order chi connectivity index (χ0) is 19.7. The molecule has 6 atom stereocenters. The van der Waals surface area contributed by atoms with Gasteiger partial charge in [0.2, 0.25) is 5.75 Å². The van der Waals surface area contributed by atoms with Crippen molar-refractivity contribution >= 4 is 23.7 Å². The Bertz CT molecular complexity index is 950. The van der Waals surface area contributed by atoms with Crippen molar-refractivity contribution in [3.63, 3.8) is 0 Å². The van der Waals surface area contributed by atoms with Gasteiger partial charge in [-0.3, -0.25) is 19.7 Å². The fourth-order valence-corrected chi connectivity index (χ4v) is 5.16. The summed E-state index contributed by atoms with van der Waals surface area (Å²) in [7, 11) is 1.27. The number of hydrogen-bond acceptors (Lipinski definition) is 7. The molecule has 0 spiro atoms. The van der Waals surface area contributed by atoms with E-state index in [2.05, 4.69) is 17.3 Å². The molecule has 3 fully saturated rings. The van der Waals surface area contributed by atoms with Crippen LogP contribution in [0.2, 0.25) is 0 Å². The van der Waals surface area contributed by atoms with Crippen molar-refractivity contribution in [1.29, 1.82) is 0 Å². The van der Waals surface area contributed by atoms with E-state index in [0.29, 0.717) is 11.8 Å². The number of allylic oxidation sites excluding steroid dienone is 2. The number of hydrazone groups is 1. The molecule has 1 aromatic carbocycles.